The first-order valence-electron chi connectivity index (χ1n) is 4.06. The van der Waals surface area contributed by atoms with Crippen LogP contribution in [0.5, 0.6) is 0 Å². The Morgan fingerprint density at radius 3 is 2.64 bits per heavy atom. The fourth-order valence-electron chi connectivity index (χ4n) is 1.26. The zero-order chi connectivity index (χ0) is 10.1. The number of aryl methyl sites for hydroxylation is 1. The minimum atomic E-state index is -0.344. The Morgan fingerprint density at radius 2 is 2.07 bits per heavy atom. The molecule has 0 spiro atoms. The van der Waals surface area contributed by atoms with Crippen LogP contribution in [0.25, 0.3) is 11.3 Å². The molecule has 1 heterocycles. The zero-order valence-corrected chi connectivity index (χ0v) is 8.18. The fourth-order valence-corrected chi connectivity index (χ4v) is 1.46. The lowest BCUT2D eigenvalue weighted by atomic mass is 10.1. The highest BCUT2D eigenvalue weighted by molar-refractivity contribution is 6.27. The van der Waals surface area contributed by atoms with Crippen LogP contribution < -0.4 is 0 Å². The Kier molecular flexibility index (Phi) is 2.25. The second-order valence-electron chi connectivity index (χ2n) is 2.86. The maximum atomic E-state index is 13.3. The molecule has 0 saturated carbocycles. The van der Waals surface area contributed by atoms with Crippen molar-refractivity contribution in [1.29, 1.82) is 0 Å². The Balaban J connectivity index is 2.60. The molecule has 0 aliphatic carbocycles. The van der Waals surface area contributed by atoms with E-state index in [4.69, 9.17) is 16.0 Å². The molecule has 0 atom stereocenters. The van der Waals surface area contributed by atoms with Crippen LogP contribution in [-0.4, -0.2) is 4.98 Å². The summed E-state index contributed by atoms with van der Waals surface area (Å²) in [6.45, 7) is 1.72. The van der Waals surface area contributed by atoms with E-state index in [1.807, 2.05) is 0 Å². The van der Waals surface area contributed by atoms with E-state index >= 15 is 0 Å². The SMILES string of the molecule is Cc1nc(Cl)oc1-c1ccccc1F. The van der Waals surface area contributed by atoms with E-state index in [1.165, 1.54) is 6.07 Å². The van der Waals surface area contributed by atoms with Crippen molar-refractivity contribution in [3.05, 3.63) is 41.1 Å². The normalized spacial score (nSPS) is 10.5. The van der Waals surface area contributed by atoms with Gasteiger partial charge in [-0.15, -0.1) is 0 Å². The van der Waals surface area contributed by atoms with Crippen LogP contribution in [0.2, 0.25) is 5.35 Å². The maximum Gasteiger partial charge on any atom is 0.292 e. The predicted octanol–water partition coefficient (Wildman–Crippen LogP) is 3.44. The molecule has 0 bridgehead atoms. The van der Waals surface area contributed by atoms with Crippen molar-refractivity contribution in [2.24, 2.45) is 0 Å². The summed E-state index contributed by atoms with van der Waals surface area (Å²) in [6, 6.07) is 6.34. The third-order valence-corrected chi connectivity index (χ3v) is 2.05. The van der Waals surface area contributed by atoms with E-state index in [-0.39, 0.29) is 11.2 Å². The molecule has 72 valence electrons. The van der Waals surface area contributed by atoms with Crippen molar-refractivity contribution < 1.29 is 8.81 Å². The van der Waals surface area contributed by atoms with Gasteiger partial charge in [-0.1, -0.05) is 12.1 Å². The quantitative estimate of drug-likeness (QED) is 0.722. The van der Waals surface area contributed by atoms with Gasteiger partial charge < -0.3 is 4.42 Å². The first kappa shape index (κ1) is 9.21. The van der Waals surface area contributed by atoms with Crippen molar-refractivity contribution in [2.45, 2.75) is 6.92 Å². The largest absolute Gasteiger partial charge is 0.427 e. The second-order valence-corrected chi connectivity index (χ2v) is 3.18. The van der Waals surface area contributed by atoms with Gasteiger partial charge in [0.15, 0.2) is 5.76 Å². The van der Waals surface area contributed by atoms with Gasteiger partial charge in [-0.25, -0.2) is 9.37 Å². The Hall–Kier alpha value is -1.35. The number of rotatable bonds is 1. The summed E-state index contributed by atoms with van der Waals surface area (Å²) in [6.07, 6.45) is 0. The molecule has 0 aliphatic rings. The first-order valence-corrected chi connectivity index (χ1v) is 4.44. The molecule has 2 aromatic rings. The van der Waals surface area contributed by atoms with E-state index in [0.29, 0.717) is 17.0 Å². The molecule has 2 nitrogen and oxygen atoms in total. The maximum absolute atomic E-state index is 13.3. The van der Waals surface area contributed by atoms with E-state index in [1.54, 1.807) is 25.1 Å². The smallest absolute Gasteiger partial charge is 0.292 e. The van der Waals surface area contributed by atoms with Gasteiger partial charge in [0, 0.05) is 0 Å². The molecule has 0 fully saturated rings. The highest BCUT2D eigenvalue weighted by Gasteiger charge is 2.13. The molecule has 4 heteroatoms. The molecular weight excluding hydrogens is 205 g/mol. The number of aromatic nitrogens is 1. The number of hydrogen-bond acceptors (Lipinski definition) is 2. The van der Waals surface area contributed by atoms with E-state index in [9.17, 15) is 4.39 Å². The number of oxazole rings is 1. The van der Waals surface area contributed by atoms with Crippen molar-refractivity contribution in [2.75, 3.05) is 0 Å². The van der Waals surface area contributed by atoms with E-state index < -0.39 is 0 Å². The van der Waals surface area contributed by atoms with Crippen LogP contribution >= 0.6 is 11.6 Å². The number of halogens is 2. The van der Waals surface area contributed by atoms with Gasteiger partial charge >= 0.3 is 0 Å². The lowest BCUT2D eigenvalue weighted by Crippen LogP contribution is -1.83. The van der Waals surface area contributed by atoms with E-state index in [2.05, 4.69) is 4.98 Å². The summed E-state index contributed by atoms with van der Waals surface area (Å²) in [7, 11) is 0. The van der Waals surface area contributed by atoms with Crippen LogP contribution in [0.15, 0.2) is 28.7 Å². The monoisotopic (exact) mass is 211 g/mol. The van der Waals surface area contributed by atoms with Gasteiger partial charge in [-0.2, -0.15) is 0 Å². The Labute approximate surface area is 85.3 Å². The lowest BCUT2D eigenvalue weighted by Gasteiger charge is -1.98. The standard InChI is InChI=1S/C10H7ClFNO/c1-6-9(14-10(11)13-6)7-4-2-3-5-8(7)12/h2-5H,1H3. The summed E-state index contributed by atoms with van der Waals surface area (Å²) >= 11 is 5.57. The highest BCUT2D eigenvalue weighted by atomic mass is 35.5. The van der Waals surface area contributed by atoms with Crippen LogP contribution in [0.3, 0.4) is 0 Å². The molecule has 0 aliphatic heterocycles. The molecule has 0 saturated heterocycles. The molecular formula is C10H7ClFNO. The summed E-state index contributed by atoms with van der Waals surface area (Å²) in [5.41, 5.74) is 0.963. The van der Waals surface area contributed by atoms with Gasteiger partial charge in [0.05, 0.1) is 11.3 Å². The minimum absolute atomic E-state index is 0.0285. The summed E-state index contributed by atoms with van der Waals surface area (Å²) in [5, 5.41) is 0.0285. The van der Waals surface area contributed by atoms with Crippen LogP contribution in [-0.2, 0) is 0 Å². The third-order valence-electron chi connectivity index (χ3n) is 1.89. The number of benzene rings is 1. The van der Waals surface area contributed by atoms with Crippen LogP contribution in [0, 0.1) is 12.7 Å². The van der Waals surface area contributed by atoms with E-state index in [0.717, 1.165) is 0 Å². The summed E-state index contributed by atoms with van der Waals surface area (Å²) in [5.74, 6) is 0.0384. The molecule has 0 radical (unpaired) electrons. The zero-order valence-electron chi connectivity index (χ0n) is 7.42. The van der Waals surface area contributed by atoms with Crippen molar-refractivity contribution in [3.63, 3.8) is 0 Å². The molecule has 2 rings (SSSR count). The topological polar surface area (TPSA) is 26.0 Å². The predicted molar refractivity (Wildman–Crippen MR) is 51.6 cm³/mol. The molecule has 1 aromatic carbocycles. The average Bonchev–Trinajstić information content (AvgIpc) is 2.46. The molecule has 1 aromatic heterocycles. The fraction of sp³-hybridized carbons (Fsp3) is 0.100. The summed E-state index contributed by atoms with van der Waals surface area (Å²) in [4.78, 5) is 3.86. The van der Waals surface area contributed by atoms with Gasteiger partial charge in [0.25, 0.3) is 5.35 Å². The van der Waals surface area contributed by atoms with Crippen molar-refractivity contribution in [1.82, 2.24) is 4.98 Å². The second kappa shape index (κ2) is 3.42. The third kappa shape index (κ3) is 1.51. The highest BCUT2D eigenvalue weighted by Crippen LogP contribution is 2.28. The molecule has 0 amide bonds. The number of hydrogen-bond donors (Lipinski definition) is 0. The van der Waals surface area contributed by atoms with Crippen molar-refractivity contribution >= 4 is 11.6 Å². The van der Waals surface area contributed by atoms with Gasteiger partial charge in [0.1, 0.15) is 5.82 Å². The lowest BCUT2D eigenvalue weighted by molar-refractivity contribution is 0.563. The average molecular weight is 212 g/mol. The first-order chi connectivity index (χ1) is 6.68. The minimum Gasteiger partial charge on any atom is -0.427 e. The molecule has 14 heavy (non-hydrogen) atoms. The van der Waals surface area contributed by atoms with Gasteiger partial charge in [0.2, 0.25) is 0 Å². The summed E-state index contributed by atoms with van der Waals surface area (Å²) < 4.78 is 18.4. The Bertz CT molecular complexity index is 467. The number of nitrogens with zero attached hydrogens (tertiary/aromatic N) is 1. The molecule has 0 unspecified atom stereocenters. The molecule has 0 N–H and O–H groups in total. The van der Waals surface area contributed by atoms with Crippen molar-refractivity contribution in [3.8, 4) is 11.3 Å². The van der Waals surface area contributed by atoms with Gasteiger partial charge in [-0.05, 0) is 30.7 Å². The van der Waals surface area contributed by atoms with Gasteiger partial charge in [-0.3, -0.25) is 0 Å². The van der Waals surface area contributed by atoms with Crippen LogP contribution in [0.1, 0.15) is 5.69 Å². The Morgan fingerprint density at radius 1 is 1.36 bits per heavy atom. The van der Waals surface area contributed by atoms with Crippen LogP contribution in [0.4, 0.5) is 4.39 Å².